The summed E-state index contributed by atoms with van der Waals surface area (Å²) < 4.78 is 5.37. The van der Waals surface area contributed by atoms with Gasteiger partial charge in [-0.15, -0.1) is 0 Å². The van der Waals surface area contributed by atoms with E-state index in [-0.39, 0.29) is 0 Å². The maximum atomic E-state index is 9.57. The molecule has 0 bridgehead atoms. The molecule has 0 aromatic heterocycles. The Morgan fingerprint density at radius 1 is 1.29 bits per heavy atom. The summed E-state index contributed by atoms with van der Waals surface area (Å²) >= 11 is 0. The molecule has 1 unspecified atom stereocenters. The lowest BCUT2D eigenvalue weighted by molar-refractivity contribution is 0.175. The van der Waals surface area contributed by atoms with Crippen molar-refractivity contribution in [1.29, 1.82) is 0 Å². The smallest absolute Gasteiger partial charge is 0.122 e. The molecule has 0 aliphatic heterocycles. The first-order valence-corrected chi connectivity index (χ1v) is 6.58. The van der Waals surface area contributed by atoms with Gasteiger partial charge in [0.05, 0.1) is 7.11 Å². The molecule has 17 heavy (non-hydrogen) atoms. The molecule has 0 spiro atoms. The van der Waals surface area contributed by atoms with E-state index < -0.39 is 0 Å². The Bertz CT molecular complexity index is 343. The van der Waals surface area contributed by atoms with E-state index in [0.29, 0.717) is 18.4 Å². The van der Waals surface area contributed by atoms with Crippen molar-refractivity contribution in [2.75, 3.05) is 13.7 Å². The molecule has 1 fully saturated rings. The minimum atomic E-state index is 0.294. The molecule has 1 aliphatic carbocycles. The van der Waals surface area contributed by atoms with Gasteiger partial charge in [-0.3, -0.25) is 0 Å². The zero-order valence-electron chi connectivity index (χ0n) is 10.6. The number of hydrogen-bond acceptors (Lipinski definition) is 2. The van der Waals surface area contributed by atoms with Crippen molar-refractivity contribution in [3.05, 3.63) is 29.8 Å². The summed E-state index contributed by atoms with van der Waals surface area (Å²) in [5.41, 5.74) is 1.22. The van der Waals surface area contributed by atoms with Crippen LogP contribution < -0.4 is 4.74 Å². The number of benzene rings is 1. The van der Waals surface area contributed by atoms with Crippen LogP contribution in [0.15, 0.2) is 24.3 Å². The minimum absolute atomic E-state index is 0.294. The van der Waals surface area contributed by atoms with Crippen LogP contribution in [-0.4, -0.2) is 18.8 Å². The Morgan fingerprint density at radius 2 is 2.00 bits per heavy atom. The number of hydrogen-bond donors (Lipinski definition) is 1. The van der Waals surface area contributed by atoms with E-state index in [1.54, 1.807) is 7.11 Å². The molecule has 0 saturated heterocycles. The second kappa shape index (κ2) is 6.06. The van der Waals surface area contributed by atoms with Crippen molar-refractivity contribution in [1.82, 2.24) is 0 Å². The third-order valence-electron chi connectivity index (χ3n) is 3.98. The summed E-state index contributed by atoms with van der Waals surface area (Å²) in [6.45, 7) is 0.294. The Kier molecular flexibility index (Phi) is 4.43. The molecular formula is C15H22O2. The molecule has 1 aliphatic rings. The van der Waals surface area contributed by atoms with Gasteiger partial charge in [0.1, 0.15) is 5.75 Å². The SMILES string of the molecule is COc1ccccc1CC(CO)C1CCCC1. The first-order chi connectivity index (χ1) is 8.35. The molecule has 0 amide bonds. The van der Waals surface area contributed by atoms with Crippen LogP contribution in [0.25, 0.3) is 0 Å². The highest BCUT2D eigenvalue weighted by atomic mass is 16.5. The van der Waals surface area contributed by atoms with Gasteiger partial charge in [0, 0.05) is 6.61 Å². The lowest BCUT2D eigenvalue weighted by atomic mass is 9.86. The summed E-state index contributed by atoms with van der Waals surface area (Å²) in [4.78, 5) is 0. The van der Waals surface area contributed by atoms with Gasteiger partial charge < -0.3 is 9.84 Å². The highest BCUT2D eigenvalue weighted by Gasteiger charge is 2.25. The van der Waals surface area contributed by atoms with Gasteiger partial charge in [0.2, 0.25) is 0 Å². The van der Waals surface area contributed by atoms with E-state index in [0.717, 1.165) is 12.2 Å². The second-order valence-electron chi connectivity index (χ2n) is 5.00. The van der Waals surface area contributed by atoms with Crippen molar-refractivity contribution in [2.45, 2.75) is 32.1 Å². The van der Waals surface area contributed by atoms with Crippen molar-refractivity contribution in [3.63, 3.8) is 0 Å². The number of ether oxygens (including phenoxy) is 1. The molecule has 1 atom stereocenters. The molecule has 94 valence electrons. The van der Waals surface area contributed by atoms with Gasteiger partial charge in [0.25, 0.3) is 0 Å². The molecule has 1 N–H and O–H groups in total. The zero-order valence-corrected chi connectivity index (χ0v) is 10.6. The molecular weight excluding hydrogens is 212 g/mol. The van der Waals surface area contributed by atoms with E-state index in [4.69, 9.17) is 4.74 Å². The number of para-hydroxylation sites is 1. The second-order valence-corrected chi connectivity index (χ2v) is 5.00. The van der Waals surface area contributed by atoms with Gasteiger partial charge in [0.15, 0.2) is 0 Å². The molecule has 2 rings (SSSR count). The van der Waals surface area contributed by atoms with Gasteiger partial charge >= 0.3 is 0 Å². The fourth-order valence-corrected chi connectivity index (χ4v) is 2.96. The first-order valence-electron chi connectivity index (χ1n) is 6.58. The van der Waals surface area contributed by atoms with Gasteiger partial charge in [-0.2, -0.15) is 0 Å². The summed E-state index contributed by atoms with van der Waals surface area (Å²) in [5.74, 6) is 2.04. The third kappa shape index (κ3) is 3.01. The van der Waals surface area contributed by atoms with Gasteiger partial charge in [-0.25, -0.2) is 0 Å². The van der Waals surface area contributed by atoms with Gasteiger partial charge in [-0.1, -0.05) is 43.9 Å². The van der Waals surface area contributed by atoms with Gasteiger partial charge in [-0.05, 0) is 29.9 Å². The normalized spacial score (nSPS) is 18.2. The molecule has 2 heteroatoms. The van der Waals surface area contributed by atoms with Crippen LogP contribution in [0.4, 0.5) is 0 Å². The molecule has 1 aromatic carbocycles. The molecule has 1 saturated carbocycles. The first kappa shape index (κ1) is 12.4. The van der Waals surface area contributed by atoms with E-state index in [1.165, 1.54) is 31.2 Å². The van der Waals surface area contributed by atoms with Crippen LogP contribution in [0.3, 0.4) is 0 Å². The Labute approximate surface area is 104 Å². The predicted molar refractivity (Wildman–Crippen MR) is 69.2 cm³/mol. The molecule has 1 aromatic rings. The average molecular weight is 234 g/mol. The average Bonchev–Trinajstić information content (AvgIpc) is 2.90. The third-order valence-corrected chi connectivity index (χ3v) is 3.98. The number of aliphatic hydroxyl groups is 1. The lowest BCUT2D eigenvalue weighted by Gasteiger charge is -2.22. The van der Waals surface area contributed by atoms with Crippen LogP contribution in [0.1, 0.15) is 31.2 Å². The Balaban J connectivity index is 2.06. The fraction of sp³-hybridized carbons (Fsp3) is 0.600. The van der Waals surface area contributed by atoms with Crippen molar-refractivity contribution < 1.29 is 9.84 Å². The maximum Gasteiger partial charge on any atom is 0.122 e. The maximum absolute atomic E-state index is 9.57. The quantitative estimate of drug-likeness (QED) is 0.848. The number of aliphatic hydroxyl groups excluding tert-OH is 1. The van der Waals surface area contributed by atoms with E-state index >= 15 is 0 Å². The van der Waals surface area contributed by atoms with Crippen LogP contribution in [0, 0.1) is 11.8 Å². The topological polar surface area (TPSA) is 29.5 Å². The van der Waals surface area contributed by atoms with E-state index in [2.05, 4.69) is 6.07 Å². The van der Waals surface area contributed by atoms with Crippen molar-refractivity contribution in [2.24, 2.45) is 11.8 Å². The fourth-order valence-electron chi connectivity index (χ4n) is 2.96. The predicted octanol–water partition coefficient (Wildman–Crippen LogP) is 3.04. The summed E-state index contributed by atoms with van der Waals surface area (Å²) in [6, 6.07) is 8.14. The van der Waals surface area contributed by atoms with Crippen LogP contribution >= 0.6 is 0 Å². The largest absolute Gasteiger partial charge is 0.496 e. The van der Waals surface area contributed by atoms with Crippen LogP contribution in [0.2, 0.25) is 0 Å². The summed E-state index contributed by atoms with van der Waals surface area (Å²) in [7, 11) is 1.71. The molecule has 0 heterocycles. The zero-order chi connectivity index (χ0) is 12.1. The number of rotatable bonds is 5. The van der Waals surface area contributed by atoms with Crippen LogP contribution in [-0.2, 0) is 6.42 Å². The van der Waals surface area contributed by atoms with Crippen molar-refractivity contribution >= 4 is 0 Å². The Morgan fingerprint density at radius 3 is 2.65 bits per heavy atom. The monoisotopic (exact) mass is 234 g/mol. The summed E-state index contributed by atoms with van der Waals surface area (Å²) in [5, 5.41) is 9.57. The highest BCUT2D eigenvalue weighted by molar-refractivity contribution is 5.33. The van der Waals surface area contributed by atoms with Crippen molar-refractivity contribution in [3.8, 4) is 5.75 Å². The Hall–Kier alpha value is -1.02. The number of methoxy groups -OCH3 is 1. The van der Waals surface area contributed by atoms with Crippen LogP contribution in [0.5, 0.6) is 5.75 Å². The highest BCUT2D eigenvalue weighted by Crippen LogP contribution is 2.34. The van der Waals surface area contributed by atoms with E-state index in [9.17, 15) is 5.11 Å². The molecule has 2 nitrogen and oxygen atoms in total. The summed E-state index contributed by atoms with van der Waals surface area (Å²) in [6.07, 6.45) is 6.14. The molecule has 0 radical (unpaired) electrons. The lowest BCUT2D eigenvalue weighted by Crippen LogP contribution is -2.19. The van der Waals surface area contributed by atoms with E-state index in [1.807, 2.05) is 18.2 Å². The standard InChI is InChI=1S/C15H22O2/c1-17-15-9-5-4-8-13(15)10-14(11-16)12-6-2-3-7-12/h4-5,8-9,12,14,16H,2-3,6-7,10-11H2,1H3. The minimum Gasteiger partial charge on any atom is -0.496 e.